The Morgan fingerprint density at radius 3 is 2.67 bits per heavy atom. The number of para-hydroxylation sites is 1. The van der Waals surface area contributed by atoms with E-state index in [2.05, 4.69) is 13.8 Å². The largest absolute Gasteiger partial charge is 0.493 e. The number of rotatable bonds is 6. The second-order valence-electron chi connectivity index (χ2n) is 5.08. The van der Waals surface area contributed by atoms with E-state index in [-0.39, 0.29) is 5.57 Å². The minimum absolute atomic E-state index is 0.283. The predicted molar refractivity (Wildman–Crippen MR) is 86.6 cm³/mol. The van der Waals surface area contributed by atoms with Gasteiger partial charge in [0.25, 0.3) is 0 Å². The van der Waals surface area contributed by atoms with Crippen LogP contribution in [0.2, 0.25) is 0 Å². The van der Waals surface area contributed by atoms with Gasteiger partial charge in [-0.05, 0) is 29.5 Å². The third-order valence-electron chi connectivity index (χ3n) is 2.81. The van der Waals surface area contributed by atoms with Crippen LogP contribution in [0.4, 0.5) is 0 Å². The van der Waals surface area contributed by atoms with Gasteiger partial charge in [-0.25, -0.2) is 4.79 Å². The number of carbonyl (C=O) groups is 1. The van der Waals surface area contributed by atoms with E-state index in [0.717, 1.165) is 10.4 Å². The van der Waals surface area contributed by atoms with Crippen molar-refractivity contribution in [1.29, 1.82) is 0 Å². The van der Waals surface area contributed by atoms with Crippen LogP contribution in [0, 0.1) is 5.92 Å². The van der Waals surface area contributed by atoms with Gasteiger partial charge in [-0.1, -0.05) is 38.1 Å². The summed E-state index contributed by atoms with van der Waals surface area (Å²) in [6.45, 7) is 4.76. The lowest BCUT2D eigenvalue weighted by Gasteiger charge is -2.11. The van der Waals surface area contributed by atoms with Crippen LogP contribution in [0.3, 0.4) is 0 Å². The zero-order valence-electron chi connectivity index (χ0n) is 12.1. The maximum Gasteiger partial charge on any atom is 0.337 e. The Balaban J connectivity index is 2.36. The van der Waals surface area contributed by atoms with Gasteiger partial charge >= 0.3 is 5.97 Å². The van der Waals surface area contributed by atoms with Gasteiger partial charge in [0.2, 0.25) is 0 Å². The maximum absolute atomic E-state index is 11.5. The number of hydrogen-bond donors (Lipinski definition) is 1. The first kappa shape index (κ1) is 15.3. The molecule has 3 nitrogen and oxygen atoms in total. The number of ether oxygens (including phenoxy) is 1. The van der Waals surface area contributed by atoms with E-state index in [1.54, 1.807) is 6.08 Å². The lowest BCUT2D eigenvalue weighted by Crippen LogP contribution is -2.05. The second kappa shape index (κ2) is 7.09. The molecule has 0 aliphatic heterocycles. The zero-order valence-corrected chi connectivity index (χ0v) is 12.9. The van der Waals surface area contributed by atoms with E-state index in [1.165, 1.54) is 11.3 Å². The first-order chi connectivity index (χ1) is 10.1. The summed E-state index contributed by atoms with van der Waals surface area (Å²) in [6.07, 6.45) is 1.67. The molecule has 0 saturated carbocycles. The highest BCUT2D eigenvalue weighted by atomic mass is 32.1. The predicted octanol–water partition coefficient (Wildman–Crippen LogP) is 4.41. The molecular formula is C17H18O3S. The molecule has 0 aliphatic carbocycles. The van der Waals surface area contributed by atoms with E-state index in [9.17, 15) is 9.90 Å². The van der Waals surface area contributed by atoms with E-state index in [4.69, 9.17) is 4.74 Å². The first-order valence-corrected chi connectivity index (χ1v) is 7.66. The van der Waals surface area contributed by atoms with Crippen molar-refractivity contribution >= 4 is 29.0 Å². The van der Waals surface area contributed by atoms with Crippen molar-refractivity contribution in [1.82, 2.24) is 0 Å². The van der Waals surface area contributed by atoms with Crippen molar-refractivity contribution < 1.29 is 14.6 Å². The zero-order chi connectivity index (χ0) is 15.2. The quantitative estimate of drug-likeness (QED) is 0.804. The van der Waals surface area contributed by atoms with Gasteiger partial charge in [0, 0.05) is 10.4 Å². The Morgan fingerprint density at radius 1 is 1.29 bits per heavy atom. The highest BCUT2D eigenvalue weighted by Crippen LogP contribution is 2.27. The lowest BCUT2D eigenvalue weighted by atomic mass is 10.1. The molecule has 1 aromatic heterocycles. The molecular weight excluding hydrogens is 284 g/mol. The molecule has 21 heavy (non-hydrogen) atoms. The summed E-state index contributed by atoms with van der Waals surface area (Å²) in [6, 6.07) is 11.1. The highest BCUT2D eigenvalue weighted by Gasteiger charge is 2.13. The topological polar surface area (TPSA) is 46.5 Å². The van der Waals surface area contributed by atoms with E-state index >= 15 is 0 Å². The van der Waals surface area contributed by atoms with Gasteiger partial charge in [0.05, 0.1) is 12.2 Å². The van der Waals surface area contributed by atoms with Crippen molar-refractivity contribution in [2.45, 2.75) is 13.8 Å². The molecule has 1 aromatic carbocycles. The number of hydrogen-bond acceptors (Lipinski definition) is 3. The summed E-state index contributed by atoms with van der Waals surface area (Å²) in [4.78, 5) is 12.2. The van der Waals surface area contributed by atoms with Crippen LogP contribution in [-0.4, -0.2) is 17.7 Å². The molecule has 1 N–H and O–H groups in total. The van der Waals surface area contributed by atoms with Crippen molar-refractivity contribution in [3.8, 4) is 5.75 Å². The van der Waals surface area contributed by atoms with E-state index < -0.39 is 5.97 Å². The number of thiophene rings is 1. The molecule has 110 valence electrons. The van der Waals surface area contributed by atoms with Gasteiger partial charge in [-0.2, -0.15) is 0 Å². The fourth-order valence-electron chi connectivity index (χ4n) is 1.81. The molecule has 0 spiro atoms. The monoisotopic (exact) mass is 302 g/mol. The van der Waals surface area contributed by atoms with Crippen LogP contribution in [0.25, 0.3) is 11.6 Å². The van der Waals surface area contributed by atoms with Crippen LogP contribution >= 0.6 is 11.3 Å². The Morgan fingerprint density at radius 2 is 2.05 bits per heavy atom. The smallest absolute Gasteiger partial charge is 0.337 e. The molecule has 0 aliphatic rings. The van der Waals surface area contributed by atoms with Crippen molar-refractivity contribution in [3.63, 3.8) is 0 Å². The molecule has 0 atom stereocenters. The average Bonchev–Trinajstić information content (AvgIpc) is 2.96. The van der Waals surface area contributed by atoms with Gasteiger partial charge in [-0.3, -0.25) is 0 Å². The molecule has 0 saturated heterocycles. The third kappa shape index (κ3) is 4.20. The van der Waals surface area contributed by atoms with Crippen molar-refractivity contribution in [2.24, 2.45) is 5.92 Å². The summed E-state index contributed by atoms with van der Waals surface area (Å²) in [7, 11) is 0. The molecule has 0 radical (unpaired) electrons. The van der Waals surface area contributed by atoms with Gasteiger partial charge < -0.3 is 9.84 Å². The highest BCUT2D eigenvalue weighted by molar-refractivity contribution is 7.11. The van der Waals surface area contributed by atoms with Gasteiger partial charge in [-0.15, -0.1) is 11.3 Å². The van der Waals surface area contributed by atoms with Crippen LogP contribution in [0.1, 0.15) is 24.3 Å². The number of benzene rings is 1. The molecule has 0 bridgehead atoms. The molecule has 0 unspecified atom stereocenters. The number of aliphatic carboxylic acids is 1. The summed E-state index contributed by atoms with van der Waals surface area (Å²) in [5.41, 5.74) is 1.06. The summed E-state index contributed by atoms with van der Waals surface area (Å²) in [5.74, 6) is 0.191. The van der Waals surface area contributed by atoms with Gasteiger partial charge in [0.15, 0.2) is 0 Å². The maximum atomic E-state index is 11.5. The number of carboxylic acids is 1. The average molecular weight is 302 g/mol. The fraction of sp³-hybridized carbons (Fsp3) is 0.235. The minimum Gasteiger partial charge on any atom is -0.493 e. The molecule has 4 heteroatoms. The van der Waals surface area contributed by atoms with E-state index in [1.807, 2.05) is 41.8 Å². The van der Waals surface area contributed by atoms with E-state index in [0.29, 0.717) is 18.3 Å². The second-order valence-corrected chi connectivity index (χ2v) is 6.03. The summed E-state index contributed by atoms with van der Waals surface area (Å²) in [5, 5.41) is 11.3. The summed E-state index contributed by atoms with van der Waals surface area (Å²) < 4.78 is 5.76. The molecule has 0 amide bonds. The minimum atomic E-state index is -0.934. The molecule has 2 aromatic rings. The van der Waals surface area contributed by atoms with Crippen LogP contribution in [0.15, 0.2) is 41.8 Å². The van der Waals surface area contributed by atoms with Crippen molar-refractivity contribution in [3.05, 3.63) is 52.2 Å². The molecule has 1 heterocycles. The Hall–Kier alpha value is -2.07. The molecule has 0 fully saturated rings. The van der Waals surface area contributed by atoms with Crippen LogP contribution in [-0.2, 0) is 4.79 Å². The molecule has 2 rings (SSSR count). The van der Waals surface area contributed by atoms with Crippen molar-refractivity contribution in [2.75, 3.05) is 6.61 Å². The van der Waals surface area contributed by atoms with Crippen LogP contribution in [0.5, 0.6) is 5.75 Å². The fourth-order valence-corrected chi connectivity index (χ4v) is 2.55. The van der Waals surface area contributed by atoms with Crippen LogP contribution < -0.4 is 4.74 Å². The van der Waals surface area contributed by atoms with Gasteiger partial charge in [0.1, 0.15) is 5.75 Å². The Labute approximate surface area is 128 Å². The first-order valence-electron chi connectivity index (χ1n) is 6.78. The number of carboxylic acid groups (broad SMARTS) is 1. The Bertz CT molecular complexity index is 627. The Kier molecular flexibility index (Phi) is 5.17. The normalized spacial score (nSPS) is 11.7. The standard InChI is InChI=1S/C17H18O3S/c1-12(2)11-20-15-7-4-3-6-13(15)10-14(17(18)19)16-8-5-9-21-16/h3-10,12H,11H2,1-2H3,(H,18,19)/b14-10-. The summed E-state index contributed by atoms with van der Waals surface area (Å²) >= 11 is 1.41. The SMILES string of the molecule is CC(C)COc1ccccc1/C=C(\C(=O)O)c1cccs1. The lowest BCUT2D eigenvalue weighted by molar-refractivity contribution is -0.130. The third-order valence-corrected chi connectivity index (χ3v) is 3.71.